The fourth-order valence-electron chi connectivity index (χ4n) is 2.87. The van der Waals surface area contributed by atoms with Gasteiger partial charge in [-0.3, -0.25) is 9.48 Å². The van der Waals surface area contributed by atoms with Crippen molar-refractivity contribution < 1.29 is 9.90 Å². The lowest BCUT2D eigenvalue weighted by Crippen LogP contribution is -2.44. The minimum atomic E-state index is 0.0544. The molecular formula is C16H20N4O2. The maximum Gasteiger partial charge on any atom is 0.224 e. The van der Waals surface area contributed by atoms with Gasteiger partial charge in [0.25, 0.3) is 0 Å². The van der Waals surface area contributed by atoms with Gasteiger partial charge in [-0.25, -0.2) is 0 Å². The number of amides is 1. The highest BCUT2D eigenvalue weighted by Crippen LogP contribution is 2.35. The number of nitrogens with one attached hydrogen (secondary N) is 1. The number of hydrogen-bond acceptors (Lipinski definition) is 4. The molecule has 1 aliphatic rings. The van der Waals surface area contributed by atoms with Crippen LogP contribution in [0.15, 0.2) is 30.6 Å². The Morgan fingerprint density at radius 1 is 1.45 bits per heavy atom. The van der Waals surface area contributed by atoms with Crippen molar-refractivity contribution >= 4 is 17.3 Å². The predicted molar refractivity (Wildman–Crippen MR) is 85.9 cm³/mol. The van der Waals surface area contributed by atoms with E-state index in [1.54, 1.807) is 17.8 Å². The molecule has 6 heteroatoms. The number of nitrogens with zero attached hydrogens (tertiary/aromatic N) is 3. The van der Waals surface area contributed by atoms with Crippen LogP contribution in [0.25, 0.3) is 11.1 Å². The van der Waals surface area contributed by atoms with Gasteiger partial charge < -0.3 is 15.3 Å². The monoisotopic (exact) mass is 300 g/mol. The third-order valence-electron chi connectivity index (χ3n) is 3.92. The van der Waals surface area contributed by atoms with Gasteiger partial charge in [-0.1, -0.05) is 6.07 Å². The minimum absolute atomic E-state index is 0.0544. The first-order chi connectivity index (χ1) is 10.6. The Labute approximate surface area is 129 Å². The third-order valence-corrected chi connectivity index (χ3v) is 3.92. The summed E-state index contributed by atoms with van der Waals surface area (Å²) in [7, 11) is 0. The average molecular weight is 300 g/mol. The van der Waals surface area contributed by atoms with Crippen molar-refractivity contribution in [2.45, 2.75) is 26.4 Å². The molecule has 0 saturated heterocycles. The van der Waals surface area contributed by atoms with Crippen LogP contribution in [0.1, 0.15) is 13.8 Å². The maximum atomic E-state index is 11.9. The summed E-state index contributed by atoms with van der Waals surface area (Å²) in [5.74, 6) is 0.0544. The largest absolute Gasteiger partial charge is 0.394 e. The second-order valence-electron chi connectivity index (χ2n) is 5.57. The smallest absolute Gasteiger partial charge is 0.224 e. The fourth-order valence-corrected chi connectivity index (χ4v) is 2.87. The normalized spacial score (nSPS) is 17.0. The summed E-state index contributed by atoms with van der Waals surface area (Å²) in [6, 6.07) is 6.15. The van der Waals surface area contributed by atoms with E-state index in [4.69, 9.17) is 5.11 Å². The Balaban J connectivity index is 1.95. The number of carbonyl (C=O) groups is 1. The molecule has 1 aromatic heterocycles. The van der Waals surface area contributed by atoms with Gasteiger partial charge >= 0.3 is 0 Å². The SMILES string of the molecule is CC(=O)N1c2ccc(-c3cnn(CCO)c3)cc2NCC1C. The lowest BCUT2D eigenvalue weighted by Gasteiger charge is -2.35. The molecule has 0 bridgehead atoms. The quantitative estimate of drug-likeness (QED) is 0.905. The molecular weight excluding hydrogens is 280 g/mol. The molecule has 3 rings (SSSR count). The molecule has 2 heterocycles. The van der Waals surface area contributed by atoms with E-state index in [2.05, 4.69) is 10.4 Å². The molecule has 1 aromatic carbocycles. The second-order valence-corrected chi connectivity index (χ2v) is 5.57. The van der Waals surface area contributed by atoms with Crippen molar-refractivity contribution in [3.63, 3.8) is 0 Å². The van der Waals surface area contributed by atoms with Crippen LogP contribution >= 0.6 is 0 Å². The lowest BCUT2D eigenvalue weighted by molar-refractivity contribution is -0.116. The third kappa shape index (κ3) is 2.57. The molecule has 1 atom stereocenters. The van der Waals surface area contributed by atoms with Crippen molar-refractivity contribution in [1.29, 1.82) is 0 Å². The Bertz CT molecular complexity index is 695. The Kier molecular flexibility index (Phi) is 3.85. The summed E-state index contributed by atoms with van der Waals surface area (Å²) in [6.07, 6.45) is 3.69. The van der Waals surface area contributed by atoms with Crippen molar-refractivity contribution in [2.75, 3.05) is 23.4 Å². The molecule has 0 aliphatic carbocycles. The summed E-state index contributed by atoms with van der Waals surface area (Å²) < 4.78 is 1.71. The summed E-state index contributed by atoms with van der Waals surface area (Å²) in [4.78, 5) is 13.7. The van der Waals surface area contributed by atoms with E-state index >= 15 is 0 Å². The van der Waals surface area contributed by atoms with Crippen LogP contribution in [-0.2, 0) is 11.3 Å². The molecule has 116 valence electrons. The Morgan fingerprint density at radius 3 is 3.00 bits per heavy atom. The van der Waals surface area contributed by atoms with E-state index in [1.165, 1.54) is 0 Å². The van der Waals surface area contributed by atoms with Gasteiger partial charge in [0.1, 0.15) is 0 Å². The number of benzene rings is 1. The molecule has 22 heavy (non-hydrogen) atoms. The maximum absolute atomic E-state index is 11.9. The molecule has 1 unspecified atom stereocenters. The van der Waals surface area contributed by atoms with E-state index < -0.39 is 0 Å². The van der Waals surface area contributed by atoms with Crippen LogP contribution in [0, 0.1) is 0 Å². The zero-order chi connectivity index (χ0) is 15.7. The van der Waals surface area contributed by atoms with Crippen molar-refractivity contribution in [3.05, 3.63) is 30.6 Å². The molecule has 0 saturated carbocycles. The zero-order valence-electron chi connectivity index (χ0n) is 12.8. The van der Waals surface area contributed by atoms with Crippen molar-refractivity contribution in [1.82, 2.24) is 9.78 Å². The first kappa shape index (κ1) is 14.6. The summed E-state index contributed by atoms with van der Waals surface area (Å²) in [5, 5.41) is 16.6. The number of aliphatic hydroxyl groups excluding tert-OH is 1. The van der Waals surface area contributed by atoms with E-state index in [9.17, 15) is 4.79 Å². The van der Waals surface area contributed by atoms with Crippen LogP contribution < -0.4 is 10.2 Å². The molecule has 0 fully saturated rings. The topological polar surface area (TPSA) is 70.4 Å². The van der Waals surface area contributed by atoms with Gasteiger partial charge in [-0.05, 0) is 24.6 Å². The standard InChI is InChI=1S/C16H20N4O2/c1-11-8-17-15-7-13(3-4-16(15)20(11)12(2)22)14-9-18-19(10-14)5-6-21/h3-4,7,9-11,17,21H,5-6,8H2,1-2H3. The van der Waals surface area contributed by atoms with Gasteiger partial charge in [0, 0.05) is 25.2 Å². The number of carbonyl (C=O) groups excluding carboxylic acids is 1. The van der Waals surface area contributed by atoms with Gasteiger partial charge in [0.05, 0.1) is 36.8 Å². The number of fused-ring (bicyclic) bond motifs is 1. The van der Waals surface area contributed by atoms with Gasteiger partial charge in [-0.2, -0.15) is 5.10 Å². The highest BCUT2D eigenvalue weighted by atomic mass is 16.3. The summed E-state index contributed by atoms with van der Waals surface area (Å²) in [5.41, 5.74) is 3.90. The van der Waals surface area contributed by atoms with E-state index in [0.29, 0.717) is 6.54 Å². The summed E-state index contributed by atoms with van der Waals surface area (Å²) >= 11 is 0. The predicted octanol–water partition coefficient (Wildman–Crippen LogP) is 1.71. The van der Waals surface area contributed by atoms with Crippen LogP contribution in [0.4, 0.5) is 11.4 Å². The Hall–Kier alpha value is -2.34. The number of aromatic nitrogens is 2. The number of rotatable bonds is 3. The van der Waals surface area contributed by atoms with Crippen LogP contribution in [0.5, 0.6) is 0 Å². The highest BCUT2D eigenvalue weighted by Gasteiger charge is 2.26. The highest BCUT2D eigenvalue weighted by molar-refractivity contribution is 5.97. The average Bonchev–Trinajstić information content (AvgIpc) is 2.95. The number of aliphatic hydroxyl groups is 1. The van der Waals surface area contributed by atoms with Gasteiger partial charge in [0.15, 0.2) is 0 Å². The second kappa shape index (κ2) is 5.81. The van der Waals surface area contributed by atoms with Gasteiger partial charge in [0.2, 0.25) is 5.91 Å². The first-order valence-corrected chi connectivity index (χ1v) is 7.41. The number of hydrogen-bond donors (Lipinski definition) is 2. The molecule has 2 aromatic rings. The van der Waals surface area contributed by atoms with E-state index in [-0.39, 0.29) is 18.6 Å². The van der Waals surface area contributed by atoms with Crippen molar-refractivity contribution in [3.8, 4) is 11.1 Å². The molecule has 0 spiro atoms. The van der Waals surface area contributed by atoms with Crippen LogP contribution in [0.2, 0.25) is 0 Å². The zero-order valence-corrected chi connectivity index (χ0v) is 12.8. The fraction of sp³-hybridized carbons (Fsp3) is 0.375. The summed E-state index contributed by atoms with van der Waals surface area (Å²) in [6.45, 7) is 4.92. The van der Waals surface area contributed by atoms with E-state index in [0.717, 1.165) is 29.0 Å². The molecule has 1 aliphatic heterocycles. The Morgan fingerprint density at radius 2 is 2.27 bits per heavy atom. The molecule has 0 radical (unpaired) electrons. The first-order valence-electron chi connectivity index (χ1n) is 7.41. The number of anilines is 2. The minimum Gasteiger partial charge on any atom is -0.394 e. The molecule has 1 amide bonds. The van der Waals surface area contributed by atoms with Gasteiger partial charge in [-0.15, -0.1) is 0 Å². The van der Waals surface area contributed by atoms with E-state index in [1.807, 2.05) is 36.2 Å². The molecule has 6 nitrogen and oxygen atoms in total. The van der Waals surface area contributed by atoms with Crippen LogP contribution in [-0.4, -0.2) is 40.0 Å². The van der Waals surface area contributed by atoms with Crippen molar-refractivity contribution in [2.24, 2.45) is 0 Å². The van der Waals surface area contributed by atoms with Crippen LogP contribution in [0.3, 0.4) is 0 Å². The lowest BCUT2D eigenvalue weighted by atomic mass is 10.0. The molecule has 2 N–H and O–H groups in total.